The molecule has 0 aliphatic carbocycles. The number of carbonyl (C=O) groups is 3. The van der Waals surface area contributed by atoms with Crippen molar-refractivity contribution in [3.63, 3.8) is 0 Å². The van der Waals surface area contributed by atoms with E-state index in [-0.39, 0.29) is 52.1 Å². The summed E-state index contributed by atoms with van der Waals surface area (Å²) in [6.07, 6.45) is 2.03. The minimum atomic E-state index is -0.0417. The molecule has 0 aromatic rings. The first-order valence-electron chi connectivity index (χ1n) is 9.80. The molecule has 3 saturated heterocycles. The van der Waals surface area contributed by atoms with Gasteiger partial charge in [0, 0.05) is 57.8 Å². The Morgan fingerprint density at radius 3 is 0.839 bits per heavy atom. The van der Waals surface area contributed by atoms with Crippen molar-refractivity contribution < 1.29 is 46.8 Å². The quantitative estimate of drug-likeness (QED) is 0.278. The number of hydrogen-bond donors (Lipinski definition) is 3. The summed E-state index contributed by atoms with van der Waals surface area (Å²) in [6, 6.07) is 0. The van der Waals surface area contributed by atoms with Crippen LogP contribution in [-0.4, -0.2) is 88.5 Å². The summed E-state index contributed by atoms with van der Waals surface area (Å²) in [5.74, 6) is 0.359. The molecule has 0 bridgehead atoms. The standard InChI is InChI=1S/3C7H11NO2.Fe/c3*1-5(9)6-3-4-8(2)7(6)10;/h3*9H,3-4H2,1-2H3;. The fourth-order valence-electron chi connectivity index (χ4n) is 3.16. The molecule has 3 N–H and O–H groups in total. The fraction of sp³-hybridized carbons (Fsp3) is 0.571. The summed E-state index contributed by atoms with van der Waals surface area (Å²) >= 11 is 0. The molecule has 3 rings (SSSR count). The Balaban J connectivity index is 0.000000429. The van der Waals surface area contributed by atoms with E-state index >= 15 is 0 Å². The van der Waals surface area contributed by atoms with Crippen molar-refractivity contribution in [3.05, 3.63) is 34.0 Å². The molecule has 176 valence electrons. The average molecular weight is 479 g/mol. The number of carbonyl (C=O) groups excluding carboxylic acids is 3. The van der Waals surface area contributed by atoms with Crippen molar-refractivity contribution in [2.45, 2.75) is 40.0 Å². The van der Waals surface area contributed by atoms with Crippen LogP contribution in [0.25, 0.3) is 0 Å². The number of likely N-dealkylation sites (N-methyl/N-ethyl adjacent to an activating group) is 3. The number of aliphatic hydroxyl groups excluding tert-OH is 3. The molecule has 0 unspecified atom stereocenters. The first-order valence-corrected chi connectivity index (χ1v) is 9.80. The summed E-state index contributed by atoms with van der Waals surface area (Å²) in [5, 5.41) is 26.9. The zero-order valence-corrected chi connectivity index (χ0v) is 20.1. The van der Waals surface area contributed by atoms with Gasteiger partial charge in [0.15, 0.2) is 0 Å². The normalized spacial score (nSPS) is 23.0. The van der Waals surface area contributed by atoms with E-state index in [1.54, 1.807) is 56.6 Å². The van der Waals surface area contributed by atoms with Crippen LogP contribution in [0.4, 0.5) is 0 Å². The number of amides is 3. The largest absolute Gasteiger partial charge is 0.512 e. The molecule has 3 aliphatic heterocycles. The number of rotatable bonds is 0. The predicted molar refractivity (Wildman–Crippen MR) is 113 cm³/mol. The molecule has 31 heavy (non-hydrogen) atoms. The van der Waals surface area contributed by atoms with E-state index in [2.05, 4.69) is 0 Å². The van der Waals surface area contributed by atoms with Crippen molar-refractivity contribution in [1.29, 1.82) is 0 Å². The van der Waals surface area contributed by atoms with Crippen molar-refractivity contribution in [2.75, 3.05) is 40.8 Å². The minimum Gasteiger partial charge on any atom is -0.512 e. The van der Waals surface area contributed by atoms with Crippen molar-refractivity contribution in [1.82, 2.24) is 14.7 Å². The summed E-state index contributed by atoms with van der Waals surface area (Å²) in [7, 11) is 5.20. The zero-order valence-electron chi connectivity index (χ0n) is 19.0. The Hall–Kier alpha value is -2.45. The molecule has 3 heterocycles. The molecule has 0 radical (unpaired) electrons. The molecule has 10 heteroatoms. The van der Waals surface area contributed by atoms with Gasteiger partial charge in [-0.1, -0.05) is 0 Å². The second-order valence-corrected chi connectivity index (χ2v) is 7.62. The molecule has 0 atom stereocenters. The summed E-state index contributed by atoms with van der Waals surface area (Å²) in [4.78, 5) is 38.0. The molecule has 0 aromatic carbocycles. The maximum Gasteiger partial charge on any atom is 0.252 e. The van der Waals surface area contributed by atoms with Crippen LogP contribution in [0.5, 0.6) is 0 Å². The molecule has 9 nitrogen and oxygen atoms in total. The zero-order chi connectivity index (χ0) is 23.2. The van der Waals surface area contributed by atoms with E-state index in [0.29, 0.717) is 36.0 Å². The van der Waals surface area contributed by atoms with Gasteiger partial charge in [-0.3, -0.25) is 14.4 Å². The number of aliphatic hydroxyl groups is 3. The molecular weight excluding hydrogens is 446 g/mol. The van der Waals surface area contributed by atoms with Crippen molar-refractivity contribution >= 4 is 17.7 Å². The molecule has 3 fully saturated rings. The Morgan fingerprint density at radius 2 is 0.774 bits per heavy atom. The smallest absolute Gasteiger partial charge is 0.252 e. The molecule has 0 spiro atoms. The Kier molecular flexibility index (Phi) is 11.4. The van der Waals surface area contributed by atoms with E-state index < -0.39 is 0 Å². The first-order chi connectivity index (χ1) is 13.9. The van der Waals surface area contributed by atoms with E-state index in [4.69, 9.17) is 15.3 Å². The summed E-state index contributed by atoms with van der Waals surface area (Å²) < 4.78 is 0. The minimum absolute atomic E-state index is 0. The number of likely N-dealkylation sites (tertiary alicyclic amines) is 3. The van der Waals surface area contributed by atoms with Crippen LogP contribution < -0.4 is 0 Å². The Morgan fingerprint density at radius 1 is 0.581 bits per heavy atom. The summed E-state index contributed by atoms with van der Waals surface area (Å²) in [6.45, 7) is 6.83. The molecule has 3 aliphatic rings. The van der Waals surface area contributed by atoms with Gasteiger partial charge in [0.1, 0.15) is 0 Å². The van der Waals surface area contributed by atoms with Gasteiger partial charge in [-0.05, 0) is 40.0 Å². The van der Waals surface area contributed by atoms with Gasteiger partial charge >= 0.3 is 0 Å². The maximum absolute atomic E-state index is 11.1. The van der Waals surface area contributed by atoms with E-state index in [1.165, 1.54) is 0 Å². The SMILES string of the molecule is CC(O)=C1CCN(C)C1=O.CC(O)=C1CCN(C)C1=O.CC(O)=C1CCN(C)C1=O.[Fe]. The van der Waals surface area contributed by atoms with Crippen molar-refractivity contribution in [3.8, 4) is 0 Å². The van der Waals surface area contributed by atoms with Crippen LogP contribution in [0.1, 0.15) is 40.0 Å². The Bertz CT molecular complexity index is 686. The fourth-order valence-corrected chi connectivity index (χ4v) is 3.16. The topological polar surface area (TPSA) is 122 Å². The number of hydrogen-bond acceptors (Lipinski definition) is 6. The van der Waals surface area contributed by atoms with Crippen LogP contribution in [0.2, 0.25) is 0 Å². The molecule has 3 amide bonds. The van der Waals surface area contributed by atoms with Crippen LogP contribution in [0, 0.1) is 0 Å². The van der Waals surface area contributed by atoms with Gasteiger partial charge < -0.3 is 30.0 Å². The Labute approximate surface area is 194 Å². The van der Waals surface area contributed by atoms with Gasteiger partial charge in [-0.2, -0.15) is 0 Å². The van der Waals surface area contributed by atoms with Gasteiger partial charge in [-0.15, -0.1) is 0 Å². The predicted octanol–water partition coefficient (Wildman–Crippen LogP) is 2.04. The third-order valence-electron chi connectivity index (χ3n) is 5.22. The van der Waals surface area contributed by atoms with Gasteiger partial charge in [0.05, 0.1) is 34.0 Å². The third-order valence-corrected chi connectivity index (χ3v) is 5.22. The third kappa shape index (κ3) is 7.63. The van der Waals surface area contributed by atoms with E-state index in [0.717, 1.165) is 19.6 Å². The van der Waals surface area contributed by atoms with Crippen molar-refractivity contribution in [2.24, 2.45) is 0 Å². The van der Waals surface area contributed by atoms with Gasteiger partial charge in [0.2, 0.25) is 0 Å². The first kappa shape index (κ1) is 28.5. The van der Waals surface area contributed by atoms with E-state index in [9.17, 15) is 14.4 Å². The van der Waals surface area contributed by atoms with Crippen LogP contribution >= 0.6 is 0 Å². The maximum atomic E-state index is 11.1. The average Bonchev–Trinajstić information content (AvgIpc) is 3.29. The van der Waals surface area contributed by atoms with E-state index in [1.807, 2.05) is 0 Å². The number of nitrogens with zero attached hydrogens (tertiary/aromatic N) is 3. The molecule has 0 aromatic heterocycles. The second kappa shape index (κ2) is 12.4. The van der Waals surface area contributed by atoms with Gasteiger partial charge in [-0.25, -0.2) is 0 Å². The second-order valence-electron chi connectivity index (χ2n) is 7.62. The van der Waals surface area contributed by atoms with Crippen LogP contribution in [0.15, 0.2) is 34.0 Å². The molecular formula is C21H33FeN3O6. The number of allylic oxidation sites excluding steroid dienone is 3. The van der Waals surface area contributed by atoms with Crippen LogP contribution in [-0.2, 0) is 31.5 Å². The molecule has 0 saturated carbocycles. The monoisotopic (exact) mass is 479 g/mol. The van der Waals surface area contributed by atoms with Crippen LogP contribution in [0.3, 0.4) is 0 Å². The summed E-state index contributed by atoms with van der Waals surface area (Å²) in [5.41, 5.74) is 1.67. The van der Waals surface area contributed by atoms with Gasteiger partial charge in [0.25, 0.3) is 17.7 Å².